The molecule has 1 saturated heterocycles. The molecule has 0 spiro atoms. The number of aromatic nitrogens is 2. The van der Waals surface area contributed by atoms with Gasteiger partial charge in [0.25, 0.3) is 0 Å². The molecule has 0 radical (unpaired) electrons. The number of piperidine rings is 1. The van der Waals surface area contributed by atoms with Crippen LogP contribution in [0, 0.1) is 5.92 Å². The van der Waals surface area contributed by atoms with E-state index in [2.05, 4.69) is 22.3 Å². The average molecular weight is 353 g/mol. The average Bonchev–Trinajstić information content (AvgIpc) is 3.17. The Balaban J connectivity index is 1.39. The highest BCUT2D eigenvalue weighted by Crippen LogP contribution is 2.30. The second-order valence-corrected chi connectivity index (χ2v) is 7.67. The van der Waals surface area contributed by atoms with E-state index < -0.39 is 0 Å². The van der Waals surface area contributed by atoms with Gasteiger partial charge >= 0.3 is 0 Å². The third-order valence-corrected chi connectivity index (χ3v) is 5.73. The Morgan fingerprint density at radius 2 is 1.88 bits per heavy atom. The first kappa shape index (κ1) is 17.3. The van der Waals surface area contributed by atoms with E-state index in [0.29, 0.717) is 18.2 Å². The van der Waals surface area contributed by atoms with Crippen LogP contribution in [0.1, 0.15) is 68.1 Å². The number of amides is 1. The van der Waals surface area contributed by atoms with Crippen molar-refractivity contribution < 1.29 is 9.32 Å². The van der Waals surface area contributed by atoms with Crippen LogP contribution in [0.2, 0.25) is 0 Å². The van der Waals surface area contributed by atoms with E-state index in [1.165, 1.54) is 24.8 Å². The summed E-state index contributed by atoms with van der Waals surface area (Å²) < 4.78 is 5.55. The van der Waals surface area contributed by atoms with Crippen molar-refractivity contribution in [3.05, 3.63) is 47.6 Å². The Bertz CT molecular complexity index is 722. The van der Waals surface area contributed by atoms with Gasteiger partial charge in [-0.15, -0.1) is 0 Å². The van der Waals surface area contributed by atoms with Gasteiger partial charge in [-0.25, -0.2) is 0 Å². The molecule has 1 amide bonds. The van der Waals surface area contributed by atoms with Crippen LogP contribution in [0.5, 0.6) is 0 Å². The van der Waals surface area contributed by atoms with Crippen molar-refractivity contribution in [2.45, 2.75) is 57.3 Å². The van der Waals surface area contributed by atoms with Crippen LogP contribution in [-0.4, -0.2) is 34.0 Å². The fraction of sp³-hybridized carbons (Fsp3) is 0.571. The molecular formula is C21H27N3O2. The van der Waals surface area contributed by atoms with Gasteiger partial charge in [-0.3, -0.25) is 4.79 Å². The van der Waals surface area contributed by atoms with E-state index in [4.69, 9.17) is 4.52 Å². The molecular weight excluding hydrogens is 326 g/mol. The Morgan fingerprint density at radius 3 is 2.69 bits per heavy atom. The summed E-state index contributed by atoms with van der Waals surface area (Å²) in [6.07, 6.45) is 8.49. The smallest absolute Gasteiger partial charge is 0.231 e. The minimum Gasteiger partial charge on any atom is -0.342 e. The highest BCUT2D eigenvalue weighted by molar-refractivity contribution is 5.79. The molecule has 1 aromatic heterocycles. The molecule has 1 unspecified atom stereocenters. The lowest BCUT2D eigenvalue weighted by atomic mass is 9.87. The third-order valence-electron chi connectivity index (χ3n) is 5.73. The van der Waals surface area contributed by atoms with Crippen LogP contribution >= 0.6 is 0 Å². The predicted octanol–water partition coefficient (Wildman–Crippen LogP) is 3.95. The Morgan fingerprint density at radius 1 is 1.08 bits per heavy atom. The highest BCUT2D eigenvalue weighted by Gasteiger charge is 2.32. The monoisotopic (exact) mass is 353 g/mol. The van der Waals surface area contributed by atoms with Crippen molar-refractivity contribution in [1.29, 1.82) is 0 Å². The number of nitrogens with zero attached hydrogens (tertiary/aromatic N) is 3. The Labute approximate surface area is 154 Å². The molecule has 1 aliphatic carbocycles. The minimum absolute atomic E-state index is 0.174. The fourth-order valence-corrected chi connectivity index (χ4v) is 4.27. The first-order valence-electron chi connectivity index (χ1n) is 9.95. The zero-order valence-electron chi connectivity index (χ0n) is 15.3. The van der Waals surface area contributed by atoms with Crippen molar-refractivity contribution in [2.75, 3.05) is 13.1 Å². The third kappa shape index (κ3) is 3.97. The molecule has 1 aromatic carbocycles. The number of hydrogen-bond donors (Lipinski definition) is 0. The van der Waals surface area contributed by atoms with Crippen LogP contribution in [0.4, 0.5) is 0 Å². The molecule has 5 nitrogen and oxygen atoms in total. The van der Waals surface area contributed by atoms with Gasteiger partial charge in [0.05, 0.1) is 5.92 Å². The van der Waals surface area contributed by atoms with E-state index in [0.717, 1.165) is 44.6 Å². The fourth-order valence-electron chi connectivity index (χ4n) is 4.27. The van der Waals surface area contributed by atoms with Gasteiger partial charge in [-0.2, -0.15) is 4.98 Å². The zero-order valence-corrected chi connectivity index (χ0v) is 15.3. The van der Waals surface area contributed by atoms with Crippen LogP contribution in [0.3, 0.4) is 0 Å². The number of hydrogen-bond acceptors (Lipinski definition) is 4. The lowest BCUT2D eigenvalue weighted by Gasteiger charge is -2.34. The van der Waals surface area contributed by atoms with Gasteiger partial charge in [-0.1, -0.05) is 54.8 Å². The largest absolute Gasteiger partial charge is 0.342 e. The molecule has 1 aliphatic heterocycles. The summed E-state index contributed by atoms with van der Waals surface area (Å²) in [6, 6.07) is 10.2. The van der Waals surface area contributed by atoms with E-state index in [1.54, 1.807) is 0 Å². The molecule has 5 heteroatoms. The van der Waals surface area contributed by atoms with E-state index in [-0.39, 0.29) is 11.8 Å². The molecule has 0 bridgehead atoms. The second-order valence-electron chi connectivity index (χ2n) is 7.67. The van der Waals surface area contributed by atoms with Crippen LogP contribution in [0.15, 0.2) is 34.9 Å². The number of rotatable bonds is 4. The van der Waals surface area contributed by atoms with E-state index in [1.807, 2.05) is 23.1 Å². The summed E-state index contributed by atoms with van der Waals surface area (Å²) in [6.45, 7) is 1.60. The van der Waals surface area contributed by atoms with Gasteiger partial charge in [0.2, 0.25) is 11.8 Å². The standard InChI is InChI=1S/C21H27N3O2/c25-21(17-10-5-2-6-11-17)24-13-7-12-18(15-24)20-22-19(23-26-20)14-16-8-3-1-4-9-16/h1,3-4,8-9,17-18H,2,5-7,10-15H2. The van der Waals surface area contributed by atoms with Crippen molar-refractivity contribution in [3.8, 4) is 0 Å². The summed E-state index contributed by atoms with van der Waals surface area (Å²) in [5.74, 6) is 2.17. The first-order chi connectivity index (χ1) is 12.8. The van der Waals surface area contributed by atoms with E-state index >= 15 is 0 Å². The van der Waals surface area contributed by atoms with Gasteiger partial charge in [0.1, 0.15) is 0 Å². The lowest BCUT2D eigenvalue weighted by Crippen LogP contribution is -2.42. The van der Waals surface area contributed by atoms with Crippen molar-refractivity contribution in [2.24, 2.45) is 5.92 Å². The topological polar surface area (TPSA) is 59.2 Å². The summed E-state index contributed by atoms with van der Waals surface area (Å²) in [7, 11) is 0. The van der Waals surface area contributed by atoms with E-state index in [9.17, 15) is 4.79 Å². The SMILES string of the molecule is O=C(C1CCCCC1)N1CCCC(c2nc(Cc3ccccc3)no2)C1. The summed E-state index contributed by atoms with van der Waals surface area (Å²) >= 11 is 0. The minimum atomic E-state index is 0.174. The summed E-state index contributed by atoms with van der Waals surface area (Å²) in [5.41, 5.74) is 1.18. The predicted molar refractivity (Wildman–Crippen MR) is 98.7 cm³/mol. The number of likely N-dealkylation sites (tertiary alicyclic amines) is 1. The van der Waals surface area contributed by atoms with Crippen LogP contribution in [-0.2, 0) is 11.2 Å². The molecule has 1 atom stereocenters. The number of carbonyl (C=O) groups is 1. The van der Waals surface area contributed by atoms with Gasteiger partial charge in [0.15, 0.2) is 5.82 Å². The molecule has 2 aromatic rings. The molecule has 2 fully saturated rings. The second kappa shape index (κ2) is 8.02. The molecule has 138 valence electrons. The van der Waals surface area contributed by atoms with Crippen LogP contribution in [0.25, 0.3) is 0 Å². The molecule has 2 heterocycles. The van der Waals surface area contributed by atoms with Crippen molar-refractivity contribution in [3.63, 3.8) is 0 Å². The zero-order chi connectivity index (χ0) is 17.8. The maximum Gasteiger partial charge on any atom is 0.231 e. The number of carbonyl (C=O) groups excluding carboxylic acids is 1. The van der Waals surface area contributed by atoms with Gasteiger partial charge in [0, 0.05) is 25.4 Å². The first-order valence-corrected chi connectivity index (χ1v) is 9.95. The molecule has 2 aliphatic rings. The molecule has 1 saturated carbocycles. The van der Waals surface area contributed by atoms with Crippen molar-refractivity contribution >= 4 is 5.91 Å². The quantitative estimate of drug-likeness (QED) is 0.835. The molecule has 26 heavy (non-hydrogen) atoms. The Hall–Kier alpha value is -2.17. The van der Waals surface area contributed by atoms with Gasteiger partial charge < -0.3 is 9.42 Å². The van der Waals surface area contributed by atoms with Crippen molar-refractivity contribution in [1.82, 2.24) is 15.0 Å². The Kier molecular flexibility index (Phi) is 5.32. The lowest BCUT2D eigenvalue weighted by molar-refractivity contribution is -0.137. The van der Waals surface area contributed by atoms with Gasteiger partial charge in [-0.05, 0) is 31.2 Å². The molecule has 0 N–H and O–H groups in total. The number of benzene rings is 1. The normalized spacial score (nSPS) is 21.7. The summed E-state index contributed by atoms with van der Waals surface area (Å²) in [4.78, 5) is 19.5. The maximum atomic E-state index is 12.8. The maximum absolute atomic E-state index is 12.8. The molecule has 4 rings (SSSR count). The summed E-state index contributed by atoms with van der Waals surface area (Å²) in [5, 5.41) is 4.16. The van der Waals surface area contributed by atoms with Crippen LogP contribution < -0.4 is 0 Å². The highest BCUT2D eigenvalue weighted by atomic mass is 16.5.